The number of phenols is 1. The quantitative estimate of drug-likeness (QED) is 0.615. The van der Waals surface area contributed by atoms with Crippen LogP contribution >= 0.6 is 11.3 Å². The summed E-state index contributed by atoms with van der Waals surface area (Å²) >= 11 is 1.51. The molecule has 0 aliphatic rings. The number of nitrogens with zero attached hydrogens (tertiary/aromatic N) is 1. The van der Waals surface area contributed by atoms with Crippen LogP contribution in [0.4, 0.5) is 5.69 Å². The molecule has 2 rings (SSSR count). The minimum atomic E-state index is 0.0387. The third-order valence-corrected chi connectivity index (χ3v) is 2.65. The summed E-state index contributed by atoms with van der Waals surface area (Å²) < 4.78 is 5.45. The fourth-order valence-corrected chi connectivity index (χ4v) is 1.63. The summed E-state index contributed by atoms with van der Waals surface area (Å²) in [5, 5.41) is 9.34. The van der Waals surface area contributed by atoms with Crippen LogP contribution in [0.3, 0.4) is 0 Å². The predicted molar refractivity (Wildman–Crippen MR) is 59.0 cm³/mol. The fraction of sp³-hybridized carbons (Fsp3) is 0.100. The second-order valence-corrected chi connectivity index (χ2v) is 3.92. The number of phenolic OH excluding ortho intramolecular Hbond substituents is 1. The zero-order valence-corrected chi connectivity index (χ0v) is 8.70. The Morgan fingerprint density at radius 2 is 2.33 bits per heavy atom. The Labute approximate surface area is 91.0 Å². The minimum absolute atomic E-state index is 0.0387. The van der Waals surface area contributed by atoms with Crippen LogP contribution in [0.15, 0.2) is 29.9 Å². The van der Waals surface area contributed by atoms with Crippen LogP contribution < -0.4 is 10.5 Å². The van der Waals surface area contributed by atoms with Gasteiger partial charge in [0.25, 0.3) is 0 Å². The standard InChI is InChI=1S/C10H10N2O2S/c11-10-8(13)2-1-3-9(10)14-5-7-4-12-6-15-7/h1-4,6,13H,5,11H2. The molecular formula is C10H10N2O2S. The molecule has 0 aliphatic carbocycles. The van der Waals surface area contributed by atoms with Crippen LogP contribution in [0.5, 0.6) is 11.5 Å². The van der Waals surface area contributed by atoms with Crippen LogP contribution in [0.2, 0.25) is 0 Å². The van der Waals surface area contributed by atoms with Crippen LogP contribution in [0.1, 0.15) is 4.88 Å². The van der Waals surface area contributed by atoms with Gasteiger partial charge >= 0.3 is 0 Å². The number of hydrogen-bond donors (Lipinski definition) is 2. The topological polar surface area (TPSA) is 68.4 Å². The number of rotatable bonds is 3. The molecule has 0 aliphatic heterocycles. The second-order valence-electron chi connectivity index (χ2n) is 2.95. The van der Waals surface area contributed by atoms with Crippen LogP contribution in [-0.2, 0) is 6.61 Å². The van der Waals surface area contributed by atoms with Crippen molar-refractivity contribution in [1.82, 2.24) is 4.98 Å². The molecule has 78 valence electrons. The van der Waals surface area contributed by atoms with Gasteiger partial charge in [0.15, 0.2) is 0 Å². The summed E-state index contributed by atoms with van der Waals surface area (Å²) in [4.78, 5) is 4.94. The van der Waals surface area contributed by atoms with Crippen molar-refractivity contribution in [3.63, 3.8) is 0 Å². The number of anilines is 1. The highest BCUT2D eigenvalue weighted by Crippen LogP contribution is 2.30. The average molecular weight is 222 g/mol. The first-order valence-corrected chi connectivity index (χ1v) is 5.23. The highest BCUT2D eigenvalue weighted by molar-refractivity contribution is 7.09. The van der Waals surface area contributed by atoms with Gasteiger partial charge in [-0.1, -0.05) is 6.07 Å². The van der Waals surface area contributed by atoms with Crippen molar-refractivity contribution in [3.8, 4) is 11.5 Å². The van der Waals surface area contributed by atoms with Gasteiger partial charge in [-0.2, -0.15) is 0 Å². The van der Waals surface area contributed by atoms with Crippen LogP contribution in [0.25, 0.3) is 0 Å². The van der Waals surface area contributed by atoms with Gasteiger partial charge in [0.2, 0.25) is 0 Å². The Balaban J connectivity index is 2.08. The van der Waals surface area contributed by atoms with E-state index in [1.807, 2.05) is 0 Å². The fourth-order valence-electron chi connectivity index (χ4n) is 1.12. The number of nitrogen functional groups attached to an aromatic ring is 1. The average Bonchev–Trinajstić information content (AvgIpc) is 2.73. The Bertz CT molecular complexity index is 443. The van der Waals surface area contributed by atoms with Crippen molar-refractivity contribution >= 4 is 17.0 Å². The molecule has 0 amide bonds. The Hall–Kier alpha value is -1.75. The number of aromatic hydroxyl groups is 1. The van der Waals surface area contributed by atoms with E-state index < -0.39 is 0 Å². The molecular weight excluding hydrogens is 212 g/mol. The normalized spacial score (nSPS) is 10.1. The lowest BCUT2D eigenvalue weighted by Gasteiger charge is -2.08. The maximum atomic E-state index is 9.34. The van der Waals surface area contributed by atoms with E-state index in [2.05, 4.69) is 4.98 Å². The molecule has 4 nitrogen and oxygen atoms in total. The van der Waals surface area contributed by atoms with Crippen molar-refractivity contribution in [2.24, 2.45) is 0 Å². The molecule has 0 unspecified atom stereocenters. The summed E-state index contributed by atoms with van der Waals surface area (Å²) in [5.41, 5.74) is 7.64. The van der Waals surface area contributed by atoms with Crippen molar-refractivity contribution in [1.29, 1.82) is 0 Å². The first kappa shape index (κ1) is 9.79. The monoisotopic (exact) mass is 222 g/mol. The molecule has 0 spiro atoms. The summed E-state index contributed by atoms with van der Waals surface area (Å²) in [6.07, 6.45) is 1.74. The van der Waals surface area contributed by atoms with E-state index in [1.165, 1.54) is 17.4 Å². The minimum Gasteiger partial charge on any atom is -0.506 e. The third kappa shape index (κ3) is 2.19. The lowest BCUT2D eigenvalue weighted by atomic mass is 10.3. The predicted octanol–water partition coefficient (Wildman–Crippen LogP) is 2.01. The molecule has 1 aromatic carbocycles. The molecule has 0 saturated carbocycles. The number of ether oxygens (including phenoxy) is 1. The molecule has 2 aromatic rings. The summed E-state index contributed by atoms with van der Waals surface area (Å²) in [6.45, 7) is 0.415. The van der Waals surface area contributed by atoms with Crippen molar-refractivity contribution < 1.29 is 9.84 Å². The lowest BCUT2D eigenvalue weighted by molar-refractivity contribution is 0.310. The van der Waals surface area contributed by atoms with Gasteiger partial charge in [-0.3, -0.25) is 4.98 Å². The molecule has 0 saturated heterocycles. The molecule has 3 N–H and O–H groups in total. The number of aromatic nitrogens is 1. The van der Waals surface area contributed by atoms with Gasteiger partial charge in [-0.05, 0) is 12.1 Å². The lowest BCUT2D eigenvalue weighted by Crippen LogP contribution is -1.97. The Morgan fingerprint density at radius 1 is 1.47 bits per heavy atom. The van der Waals surface area contributed by atoms with Crippen molar-refractivity contribution in [2.75, 3.05) is 5.73 Å². The van der Waals surface area contributed by atoms with E-state index in [1.54, 1.807) is 23.8 Å². The van der Waals surface area contributed by atoms with Gasteiger partial charge < -0.3 is 15.6 Å². The van der Waals surface area contributed by atoms with E-state index >= 15 is 0 Å². The Kier molecular flexibility index (Phi) is 2.73. The van der Waals surface area contributed by atoms with Gasteiger partial charge in [0.05, 0.1) is 10.4 Å². The Morgan fingerprint density at radius 3 is 3.07 bits per heavy atom. The smallest absolute Gasteiger partial charge is 0.146 e. The molecule has 1 heterocycles. The van der Waals surface area contributed by atoms with Gasteiger partial charge in [-0.15, -0.1) is 11.3 Å². The molecule has 0 fully saturated rings. The van der Waals surface area contributed by atoms with Crippen molar-refractivity contribution in [3.05, 3.63) is 34.8 Å². The largest absolute Gasteiger partial charge is 0.506 e. The molecule has 0 bridgehead atoms. The molecule has 0 atom stereocenters. The molecule has 5 heteroatoms. The van der Waals surface area contributed by atoms with Crippen LogP contribution in [0, 0.1) is 0 Å². The van der Waals surface area contributed by atoms with Gasteiger partial charge in [0.1, 0.15) is 23.8 Å². The number of nitrogens with two attached hydrogens (primary N) is 1. The number of hydrogen-bond acceptors (Lipinski definition) is 5. The van der Waals surface area contributed by atoms with E-state index in [0.717, 1.165) is 4.88 Å². The summed E-state index contributed by atoms with van der Waals surface area (Å²) in [6, 6.07) is 4.93. The summed E-state index contributed by atoms with van der Waals surface area (Å²) in [7, 11) is 0. The van der Waals surface area contributed by atoms with Gasteiger partial charge in [-0.25, -0.2) is 0 Å². The number of thiazole rings is 1. The van der Waals surface area contributed by atoms with E-state index in [4.69, 9.17) is 10.5 Å². The maximum absolute atomic E-state index is 9.34. The molecule has 0 radical (unpaired) electrons. The van der Waals surface area contributed by atoms with Crippen molar-refractivity contribution in [2.45, 2.75) is 6.61 Å². The van der Waals surface area contributed by atoms with Crippen LogP contribution in [-0.4, -0.2) is 10.1 Å². The second kappa shape index (κ2) is 4.18. The maximum Gasteiger partial charge on any atom is 0.146 e. The molecule has 1 aromatic heterocycles. The van der Waals surface area contributed by atoms with Gasteiger partial charge in [0, 0.05) is 6.20 Å². The first-order chi connectivity index (χ1) is 7.27. The summed E-state index contributed by atoms with van der Waals surface area (Å²) in [5.74, 6) is 0.528. The first-order valence-electron chi connectivity index (χ1n) is 4.35. The van der Waals surface area contributed by atoms with E-state index in [0.29, 0.717) is 12.4 Å². The highest BCUT2D eigenvalue weighted by Gasteiger charge is 2.05. The zero-order chi connectivity index (χ0) is 10.7. The van der Waals surface area contributed by atoms with E-state index in [-0.39, 0.29) is 11.4 Å². The SMILES string of the molecule is Nc1c(O)cccc1OCc1cncs1. The van der Waals surface area contributed by atoms with E-state index in [9.17, 15) is 5.11 Å². The number of para-hydroxylation sites is 1. The number of benzene rings is 1. The zero-order valence-electron chi connectivity index (χ0n) is 7.88. The highest BCUT2D eigenvalue weighted by atomic mass is 32.1. The third-order valence-electron chi connectivity index (χ3n) is 1.90. The molecule has 15 heavy (non-hydrogen) atoms.